The molecule has 2 N–H and O–H groups in total. The Bertz CT molecular complexity index is 1240. The van der Waals surface area contributed by atoms with E-state index in [9.17, 15) is 34.9 Å². The van der Waals surface area contributed by atoms with E-state index in [0.29, 0.717) is 5.56 Å². The molecule has 0 saturated carbocycles. The number of phenols is 1. The maximum Gasteiger partial charge on any atom is 0.344 e. The number of nitrogens with zero attached hydrogens (tertiary/aromatic N) is 3. The minimum atomic E-state index is -1.03. The summed E-state index contributed by atoms with van der Waals surface area (Å²) in [5, 5.41) is 35.0. The molecule has 0 fully saturated rings. The molecule has 0 aliphatic rings. The lowest BCUT2D eigenvalue weighted by Gasteiger charge is -2.05. The van der Waals surface area contributed by atoms with E-state index in [2.05, 4.69) is 10.5 Å². The van der Waals surface area contributed by atoms with Gasteiger partial charge in [-0.05, 0) is 42.0 Å². The van der Waals surface area contributed by atoms with Gasteiger partial charge in [0.15, 0.2) is 0 Å². The molecular weight excluding hydrogens is 436 g/mol. The van der Waals surface area contributed by atoms with Crippen LogP contribution in [0.25, 0.3) is 0 Å². The summed E-state index contributed by atoms with van der Waals surface area (Å²) < 4.78 is 5.16. The fraction of sp³-hybridized carbons (Fsp3) is 0. The lowest BCUT2D eigenvalue weighted by Crippen LogP contribution is -2.17. The van der Waals surface area contributed by atoms with Gasteiger partial charge in [-0.1, -0.05) is 12.1 Å². The second-order valence-electron chi connectivity index (χ2n) is 6.46. The van der Waals surface area contributed by atoms with Gasteiger partial charge in [0.25, 0.3) is 17.3 Å². The molecule has 0 aromatic heterocycles. The summed E-state index contributed by atoms with van der Waals surface area (Å²) in [7, 11) is 0. The molecule has 0 saturated heterocycles. The van der Waals surface area contributed by atoms with Crippen molar-refractivity contribution in [1.82, 2.24) is 5.43 Å². The molecule has 33 heavy (non-hydrogen) atoms. The summed E-state index contributed by atoms with van der Waals surface area (Å²) in [6.07, 6.45) is 1.29. The molecule has 0 bridgehead atoms. The van der Waals surface area contributed by atoms with E-state index in [0.717, 1.165) is 18.2 Å². The SMILES string of the molecule is O=C(N/N=C\c1cccc(OC(=O)c2cc([N+](=O)[O-])cc([N+](=O)[O-])c2)c1)c1ccc(O)cc1. The van der Waals surface area contributed by atoms with Crippen molar-refractivity contribution in [2.75, 3.05) is 0 Å². The Hall–Kier alpha value is -5.13. The number of carbonyl (C=O) groups is 2. The third-order valence-electron chi connectivity index (χ3n) is 4.14. The Morgan fingerprint density at radius 1 is 0.909 bits per heavy atom. The maximum atomic E-state index is 12.4. The molecule has 12 nitrogen and oxygen atoms in total. The lowest BCUT2D eigenvalue weighted by atomic mass is 10.1. The van der Waals surface area contributed by atoms with E-state index in [1.165, 1.54) is 48.7 Å². The van der Waals surface area contributed by atoms with E-state index in [1.54, 1.807) is 6.07 Å². The van der Waals surface area contributed by atoms with Crippen LogP contribution in [-0.2, 0) is 0 Å². The molecule has 3 rings (SSSR count). The van der Waals surface area contributed by atoms with Gasteiger partial charge < -0.3 is 9.84 Å². The summed E-state index contributed by atoms with van der Waals surface area (Å²) >= 11 is 0. The summed E-state index contributed by atoms with van der Waals surface area (Å²) in [5.74, 6) is -1.48. The first-order chi connectivity index (χ1) is 15.7. The molecule has 0 aliphatic heterocycles. The Balaban J connectivity index is 1.71. The van der Waals surface area contributed by atoms with Crippen LogP contribution in [0.15, 0.2) is 71.8 Å². The standard InChI is InChI=1S/C21H14N4O8/c26-18-6-4-14(5-7-18)20(27)23-22-12-13-2-1-3-19(8-13)33-21(28)15-9-16(24(29)30)11-17(10-15)25(31)32/h1-12,26H,(H,23,27)/b22-12-. The highest BCUT2D eigenvalue weighted by molar-refractivity contribution is 5.95. The van der Waals surface area contributed by atoms with Gasteiger partial charge in [0, 0.05) is 17.7 Å². The third kappa shape index (κ3) is 5.95. The van der Waals surface area contributed by atoms with Crippen molar-refractivity contribution < 1.29 is 29.3 Å². The number of rotatable bonds is 7. The van der Waals surface area contributed by atoms with Crippen LogP contribution in [0.5, 0.6) is 11.5 Å². The number of hydrogen-bond donors (Lipinski definition) is 2. The van der Waals surface area contributed by atoms with E-state index in [1.807, 2.05) is 0 Å². The number of aromatic hydroxyl groups is 1. The molecule has 0 unspecified atom stereocenters. The minimum Gasteiger partial charge on any atom is -0.508 e. The van der Waals surface area contributed by atoms with Crippen LogP contribution in [0.3, 0.4) is 0 Å². The maximum absolute atomic E-state index is 12.4. The molecule has 0 heterocycles. The van der Waals surface area contributed by atoms with Crippen molar-refractivity contribution in [2.45, 2.75) is 0 Å². The lowest BCUT2D eigenvalue weighted by molar-refractivity contribution is -0.394. The fourth-order valence-corrected chi connectivity index (χ4v) is 2.59. The van der Waals surface area contributed by atoms with Gasteiger partial charge in [0.1, 0.15) is 11.5 Å². The average molecular weight is 450 g/mol. The molecule has 0 aliphatic carbocycles. The van der Waals surface area contributed by atoms with Crippen molar-refractivity contribution in [1.29, 1.82) is 0 Å². The molecule has 0 spiro atoms. The van der Waals surface area contributed by atoms with Gasteiger partial charge >= 0.3 is 5.97 Å². The largest absolute Gasteiger partial charge is 0.508 e. The Kier molecular flexibility index (Phi) is 6.69. The van der Waals surface area contributed by atoms with Crippen LogP contribution < -0.4 is 10.2 Å². The molecular formula is C21H14N4O8. The van der Waals surface area contributed by atoms with Gasteiger partial charge in [0.2, 0.25) is 0 Å². The Morgan fingerprint density at radius 3 is 2.15 bits per heavy atom. The highest BCUT2D eigenvalue weighted by Crippen LogP contribution is 2.24. The number of hydrazone groups is 1. The van der Waals surface area contributed by atoms with E-state index >= 15 is 0 Å². The second-order valence-corrected chi connectivity index (χ2v) is 6.46. The number of carbonyl (C=O) groups excluding carboxylic acids is 2. The highest BCUT2D eigenvalue weighted by atomic mass is 16.6. The molecule has 0 atom stereocenters. The van der Waals surface area contributed by atoms with Crippen molar-refractivity contribution in [2.24, 2.45) is 5.10 Å². The van der Waals surface area contributed by atoms with Crippen molar-refractivity contribution in [3.05, 3.63) is 104 Å². The van der Waals surface area contributed by atoms with Crippen LogP contribution in [0.1, 0.15) is 26.3 Å². The fourth-order valence-electron chi connectivity index (χ4n) is 2.59. The van der Waals surface area contributed by atoms with Crippen LogP contribution in [0.4, 0.5) is 11.4 Å². The topological polar surface area (TPSA) is 174 Å². The molecule has 1 amide bonds. The number of ether oxygens (including phenoxy) is 1. The number of nitro groups is 2. The Labute approximate surface area is 185 Å². The zero-order chi connectivity index (χ0) is 24.0. The number of benzene rings is 3. The molecule has 12 heteroatoms. The Morgan fingerprint density at radius 2 is 1.55 bits per heavy atom. The molecule has 3 aromatic rings. The summed E-state index contributed by atoms with van der Waals surface area (Å²) in [6.45, 7) is 0. The summed E-state index contributed by atoms with van der Waals surface area (Å²) in [6, 6.07) is 14.0. The second kappa shape index (κ2) is 9.78. The first kappa shape index (κ1) is 22.6. The number of phenolic OH excluding ortho intramolecular Hbond substituents is 1. The van der Waals surface area contributed by atoms with Crippen molar-refractivity contribution >= 4 is 29.5 Å². The van der Waals surface area contributed by atoms with Crippen LogP contribution in [-0.4, -0.2) is 33.0 Å². The van der Waals surface area contributed by atoms with E-state index in [4.69, 9.17) is 4.74 Å². The zero-order valence-corrected chi connectivity index (χ0v) is 16.6. The zero-order valence-electron chi connectivity index (χ0n) is 16.6. The number of amides is 1. The number of nitrogens with one attached hydrogen (secondary N) is 1. The smallest absolute Gasteiger partial charge is 0.344 e. The van der Waals surface area contributed by atoms with Crippen molar-refractivity contribution in [3.63, 3.8) is 0 Å². The third-order valence-corrected chi connectivity index (χ3v) is 4.14. The van der Waals surface area contributed by atoms with Crippen LogP contribution in [0, 0.1) is 20.2 Å². The summed E-state index contributed by atoms with van der Waals surface area (Å²) in [5.41, 5.74) is 1.41. The molecule has 0 radical (unpaired) electrons. The van der Waals surface area contributed by atoms with Gasteiger partial charge in [-0.3, -0.25) is 25.0 Å². The first-order valence-electron chi connectivity index (χ1n) is 9.11. The quantitative estimate of drug-likeness (QED) is 0.181. The minimum absolute atomic E-state index is 0.0149. The monoisotopic (exact) mass is 450 g/mol. The highest BCUT2D eigenvalue weighted by Gasteiger charge is 2.21. The normalized spacial score (nSPS) is 10.5. The number of non-ortho nitro benzene ring substituents is 2. The number of esters is 1. The van der Waals surface area contributed by atoms with Crippen molar-refractivity contribution in [3.8, 4) is 11.5 Å². The number of hydrogen-bond acceptors (Lipinski definition) is 9. The van der Waals surface area contributed by atoms with E-state index in [-0.39, 0.29) is 22.6 Å². The van der Waals surface area contributed by atoms with Gasteiger partial charge in [-0.15, -0.1) is 0 Å². The molecule has 3 aromatic carbocycles. The predicted octanol–water partition coefficient (Wildman–Crippen LogP) is 3.19. The predicted molar refractivity (Wildman–Crippen MR) is 114 cm³/mol. The van der Waals surface area contributed by atoms with Gasteiger partial charge in [0.05, 0.1) is 27.7 Å². The number of nitro benzene ring substituents is 2. The average Bonchev–Trinajstić information content (AvgIpc) is 2.79. The first-order valence-corrected chi connectivity index (χ1v) is 9.11. The van der Waals surface area contributed by atoms with Crippen LogP contribution >= 0.6 is 0 Å². The van der Waals surface area contributed by atoms with Gasteiger partial charge in [-0.25, -0.2) is 10.2 Å². The molecule has 166 valence electrons. The van der Waals surface area contributed by atoms with Gasteiger partial charge in [-0.2, -0.15) is 5.10 Å². The van der Waals surface area contributed by atoms with Crippen LogP contribution in [0.2, 0.25) is 0 Å². The summed E-state index contributed by atoms with van der Waals surface area (Å²) in [4.78, 5) is 44.6. The van der Waals surface area contributed by atoms with E-state index < -0.39 is 33.1 Å².